The second kappa shape index (κ2) is 3.65. The van der Waals surface area contributed by atoms with Gasteiger partial charge < -0.3 is 10.6 Å². The molecule has 0 amide bonds. The van der Waals surface area contributed by atoms with E-state index in [0.717, 1.165) is 25.4 Å². The van der Waals surface area contributed by atoms with Crippen LogP contribution in [0.5, 0.6) is 0 Å². The molecular formula is C7H16N2OS. The van der Waals surface area contributed by atoms with Crippen molar-refractivity contribution in [1.29, 1.82) is 0 Å². The molecule has 1 fully saturated rings. The molecule has 1 atom stereocenters. The van der Waals surface area contributed by atoms with Gasteiger partial charge in [0.05, 0.1) is 0 Å². The normalized spacial score (nSPS) is 24.2. The van der Waals surface area contributed by atoms with E-state index < -0.39 is 10.8 Å². The molecule has 0 aromatic heterocycles. The maximum Gasteiger partial charge on any atom is 0.0403 e. The lowest BCUT2D eigenvalue weighted by atomic mass is 9.95. The largest absolute Gasteiger partial charge is 0.313 e. The van der Waals surface area contributed by atoms with Gasteiger partial charge in [-0.15, -0.1) is 0 Å². The van der Waals surface area contributed by atoms with Crippen LogP contribution in [-0.2, 0) is 10.8 Å². The van der Waals surface area contributed by atoms with E-state index in [0.29, 0.717) is 0 Å². The van der Waals surface area contributed by atoms with E-state index in [2.05, 4.69) is 17.6 Å². The number of hydrogen-bond donors (Lipinski definition) is 2. The number of hydrogen-bond acceptors (Lipinski definition) is 3. The Kier molecular flexibility index (Phi) is 3.04. The predicted octanol–water partition coefficient (Wildman–Crippen LogP) is -0.684. The Morgan fingerprint density at radius 2 is 2.27 bits per heavy atom. The molecule has 0 bridgehead atoms. The minimum Gasteiger partial charge on any atom is -0.313 e. The molecule has 1 heterocycles. The maximum atomic E-state index is 10.7. The number of rotatable bonds is 4. The summed E-state index contributed by atoms with van der Waals surface area (Å²) in [5, 5.41) is 6.57. The highest BCUT2D eigenvalue weighted by atomic mass is 32.2. The van der Waals surface area contributed by atoms with Crippen molar-refractivity contribution in [2.45, 2.75) is 12.5 Å². The van der Waals surface area contributed by atoms with Gasteiger partial charge in [0.2, 0.25) is 0 Å². The van der Waals surface area contributed by atoms with Crippen molar-refractivity contribution in [1.82, 2.24) is 10.6 Å². The lowest BCUT2D eigenvalue weighted by Crippen LogP contribution is -2.66. The van der Waals surface area contributed by atoms with Crippen LogP contribution in [0.15, 0.2) is 0 Å². The molecule has 0 saturated carbocycles. The molecule has 4 heteroatoms. The first kappa shape index (κ1) is 9.16. The topological polar surface area (TPSA) is 41.1 Å². The van der Waals surface area contributed by atoms with Gasteiger partial charge in [0, 0.05) is 48.0 Å². The third-order valence-electron chi connectivity index (χ3n) is 1.97. The fraction of sp³-hybridized carbons (Fsp3) is 1.00. The van der Waals surface area contributed by atoms with Gasteiger partial charge in [0.25, 0.3) is 0 Å². The lowest BCUT2D eigenvalue weighted by Gasteiger charge is -2.40. The summed E-state index contributed by atoms with van der Waals surface area (Å²) < 4.78 is 10.7. The monoisotopic (exact) mass is 176 g/mol. The SMILES string of the molecule is CS(=O)CCNC1(C)CNC1. The van der Waals surface area contributed by atoms with Crippen LogP contribution in [0, 0.1) is 0 Å². The van der Waals surface area contributed by atoms with Crippen LogP contribution in [0.25, 0.3) is 0 Å². The second-order valence-corrected chi connectivity index (χ2v) is 4.92. The quantitative estimate of drug-likeness (QED) is 0.596. The summed E-state index contributed by atoms with van der Waals surface area (Å²) >= 11 is 0. The smallest absolute Gasteiger partial charge is 0.0403 e. The Bertz CT molecular complexity index is 157. The molecule has 0 aromatic carbocycles. The Hall–Kier alpha value is 0.0700. The van der Waals surface area contributed by atoms with Crippen LogP contribution in [0.4, 0.5) is 0 Å². The summed E-state index contributed by atoms with van der Waals surface area (Å²) in [6, 6.07) is 0. The summed E-state index contributed by atoms with van der Waals surface area (Å²) in [4.78, 5) is 0. The molecule has 0 radical (unpaired) electrons. The Morgan fingerprint density at radius 1 is 1.64 bits per heavy atom. The van der Waals surface area contributed by atoms with Crippen molar-refractivity contribution in [3.8, 4) is 0 Å². The van der Waals surface area contributed by atoms with Gasteiger partial charge in [-0.2, -0.15) is 0 Å². The Labute approximate surface area is 70.4 Å². The minimum atomic E-state index is -0.661. The first-order valence-corrected chi connectivity index (χ1v) is 5.61. The molecule has 3 nitrogen and oxygen atoms in total. The first-order chi connectivity index (χ1) is 5.12. The van der Waals surface area contributed by atoms with E-state index in [9.17, 15) is 4.21 Å². The van der Waals surface area contributed by atoms with E-state index in [1.165, 1.54) is 0 Å². The summed E-state index contributed by atoms with van der Waals surface area (Å²) in [5.74, 6) is 0.760. The van der Waals surface area contributed by atoms with Crippen molar-refractivity contribution < 1.29 is 4.21 Å². The molecule has 0 aliphatic carbocycles. The molecular weight excluding hydrogens is 160 g/mol. The van der Waals surface area contributed by atoms with Crippen molar-refractivity contribution in [2.24, 2.45) is 0 Å². The van der Waals surface area contributed by atoms with Gasteiger partial charge in [-0.3, -0.25) is 4.21 Å². The highest BCUT2D eigenvalue weighted by molar-refractivity contribution is 7.84. The van der Waals surface area contributed by atoms with Gasteiger partial charge >= 0.3 is 0 Å². The predicted molar refractivity (Wildman–Crippen MR) is 48.2 cm³/mol. The fourth-order valence-corrected chi connectivity index (χ4v) is 1.51. The zero-order chi connectivity index (χ0) is 8.32. The first-order valence-electron chi connectivity index (χ1n) is 3.88. The van der Waals surface area contributed by atoms with Crippen molar-refractivity contribution in [2.75, 3.05) is 31.6 Å². The van der Waals surface area contributed by atoms with E-state index in [1.807, 2.05) is 0 Å². The number of nitrogens with one attached hydrogen (secondary N) is 2. The molecule has 1 unspecified atom stereocenters. The van der Waals surface area contributed by atoms with Crippen LogP contribution < -0.4 is 10.6 Å². The zero-order valence-corrected chi connectivity index (χ0v) is 7.96. The van der Waals surface area contributed by atoms with Gasteiger partial charge in [-0.25, -0.2) is 0 Å². The summed E-state index contributed by atoms with van der Waals surface area (Å²) in [7, 11) is -0.661. The summed E-state index contributed by atoms with van der Waals surface area (Å²) in [6.45, 7) is 5.11. The van der Waals surface area contributed by atoms with Crippen LogP contribution >= 0.6 is 0 Å². The van der Waals surface area contributed by atoms with Crippen LogP contribution in [0.3, 0.4) is 0 Å². The Balaban J connectivity index is 2.07. The van der Waals surface area contributed by atoms with Gasteiger partial charge in [0.15, 0.2) is 0 Å². The average Bonchev–Trinajstić information content (AvgIpc) is 1.83. The molecule has 1 saturated heterocycles. The zero-order valence-electron chi connectivity index (χ0n) is 7.14. The highest BCUT2D eigenvalue weighted by Crippen LogP contribution is 2.07. The van der Waals surface area contributed by atoms with E-state index in [4.69, 9.17) is 0 Å². The summed E-state index contributed by atoms with van der Waals surface area (Å²) in [6.07, 6.45) is 1.74. The van der Waals surface area contributed by atoms with Gasteiger partial charge in [0.1, 0.15) is 0 Å². The van der Waals surface area contributed by atoms with Gasteiger partial charge in [-0.1, -0.05) is 0 Å². The van der Waals surface area contributed by atoms with E-state index in [1.54, 1.807) is 6.26 Å². The van der Waals surface area contributed by atoms with Crippen molar-refractivity contribution in [3.63, 3.8) is 0 Å². The van der Waals surface area contributed by atoms with E-state index in [-0.39, 0.29) is 5.54 Å². The molecule has 66 valence electrons. The standard InChI is InChI=1S/C7H16N2OS/c1-7(5-8-6-7)9-3-4-11(2)10/h8-9H,3-6H2,1-2H3. The molecule has 1 rings (SSSR count). The fourth-order valence-electron chi connectivity index (χ4n) is 1.12. The lowest BCUT2D eigenvalue weighted by molar-refractivity contribution is 0.244. The van der Waals surface area contributed by atoms with Crippen molar-refractivity contribution >= 4 is 10.8 Å². The second-order valence-electron chi connectivity index (χ2n) is 3.37. The molecule has 1 aliphatic rings. The molecule has 11 heavy (non-hydrogen) atoms. The van der Waals surface area contributed by atoms with E-state index >= 15 is 0 Å². The van der Waals surface area contributed by atoms with Gasteiger partial charge in [-0.05, 0) is 6.92 Å². The Morgan fingerprint density at radius 3 is 2.64 bits per heavy atom. The van der Waals surface area contributed by atoms with Crippen LogP contribution in [0.1, 0.15) is 6.92 Å². The van der Waals surface area contributed by atoms with Crippen LogP contribution in [-0.4, -0.2) is 41.4 Å². The third kappa shape index (κ3) is 2.89. The molecule has 0 spiro atoms. The molecule has 1 aliphatic heterocycles. The highest BCUT2D eigenvalue weighted by Gasteiger charge is 2.30. The minimum absolute atomic E-state index is 0.263. The summed E-state index contributed by atoms with van der Waals surface area (Å²) in [5.41, 5.74) is 0.263. The van der Waals surface area contributed by atoms with Crippen LogP contribution in [0.2, 0.25) is 0 Å². The molecule has 0 aromatic rings. The molecule has 2 N–H and O–H groups in total. The third-order valence-corrected chi connectivity index (χ3v) is 2.75. The van der Waals surface area contributed by atoms with Crippen molar-refractivity contribution in [3.05, 3.63) is 0 Å². The maximum absolute atomic E-state index is 10.7. The average molecular weight is 176 g/mol.